The van der Waals surface area contributed by atoms with Gasteiger partial charge in [0.25, 0.3) is 5.91 Å². The standard InChI is InChI=1S/C11H8N4OS/c16-10(14-11-13-4-6-17-11)8-1-2-9-12-3-5-15(9)7-8/h1-7H,(H,13,14,16). The second-order valence-corrected chi connectivity index (χ2v) is 4.30. The Labute approximate surface area is 101 Å². The van der Waals surface area contributed by atoms with Crippen LogP contribution in [0.3, 0.4) is 0 Å². The lowest BCUT2D eigenvalue weighted by Gasteiger charge is -2.02. The number of pyridine rings is 1. The minimum absolute atomic E-state index is 0.171. The summed E-state index contributed by atoms with van der Waals surface area (Å²) in [6.07, 6.45) is 6.89. The third-order valence-electron chi connectivity index (χ3n) is 2.30. The van der Waals surface area contributed by atoms with E-state index in [1.807, 2.05) is 5.38 Å². The molecule has 0 unspecified atom stereocenters. The van der Waals surface area contributed by atoms with Gasteiger partial charge in [-0.15, -0.1) is 11.3 Å². The molecule has 3 rings (SSSR count). The van der Waals surface area contributed by atoms with Gasteiger partial charge in [0, 0.05) is 30.2 Å². The average Bonchev–Trinajstić information content (AvgIpc) is 2.97. The number of nitrogens with one attached hydrogen (secondary N) is 1. The summed E-state index contributed by atoms with van der Waals surface area (Å²) in [6, 6.07) is 3.54. The van der Waals surface area contributed by atoms with Crippen LogP contribution < -0.4 is 5.32 Å². The van der Waals surface area contributed by atoms with Crippen molar-refractivity contribution in [1.82, 2.24) is 14.4 Å². The van der Waals surface area contributed by atoms with Crippen LogP contribution in [-0.4, -0.2) is 20.3 Å². The predicted molar refractivity (Wildman–Crippen MR) is 65.3 cm³/mol. The Morgan fingerprint density at radius 3 is 3.06 bits per heavy atom. The van der Waals surface area contributed by atoms with Gasteiger partial charge in [0.15, 0.2) is 5.13 Å². The highest BCUT2D eigenvalue weighted by molar-refractivity contribution is 7.13. The molecule has 3 aromatic rings. The number of rotatable bonds is 2. The average molecular weight is 244 g/mol. The van der Waals surface area contributed by atoms with Crippen LogP contribution in [0.5, 0.6) is 0 Å². The lowest BCUT2D eigenvalue weighted by molar-refractivity contribution is 0.102. The van der Waals surface area contributed by atoms with E-state index >= 15 is 0 Å². The van der Waals surface area contributed by atoms with Crippen molar-refractivity contribution >= 4 is 28.0 Å². The van der Waals surface area contributed by atoms with Crippen LogP contribution >= 0.6 is 11.3 Å². The van der Waals surface area contributed by atoms with Gasteiger partial charge in [0.05, 0.1) is 5.56 Å². The first-order valence-electron chi connectivity index (χ1n) is 4.96. The Balaban J connectivity index is 1.90. The van der Waals surface area contributed by atoms with Gasteiger partial charge in [0.1, 0.15) is 5.65 Å². The molecule has 6 heteroatoms. The molecular formula is C11H8N4OS. The maximum atomic E-state index is 11.9. The fourth-order valence-electron chi connectivity index (χ4n) is 1.51. The molecule has 0 radical (unpaired) electrons. The minimum atomic E-state index is -0.171. The molecule has 0 fully saturated rings. The SMILES string of the molecule is O=C(Nc1nccs1)c1ccc2nccn2c1. The van der Waals surface area contributed by atoms with E-state index in [1.165, 1.54) is 11.3 Å². The van der Waals surface area contributed by atoms with Gasteiger partial charge < -0.3 is 4.40 Å². The summed E-state index contributed by atoms with van der Waals surface area (Å²) >= 11 is 1.39. The zero-order valence-corrected chi connectivity index (χ0v) is 9.52. The second kappa shape index (κ2) is 3.99. The van der Waals surface area contributed by atoms with Crippen LogP contribution in [-0.2, 0) is 0 Å². The number of imidazole rings is 1. The molecule has 0 aliphatic carbocycles. The van der Waals surface area contributed by atoms with Gasteiger partial charge in [-0.2, -0.15) is 0 Å². The number of anilines is 1. The van der Waals surface area contributed by atoms with Gasteiger partial charge in [-0.25, -0.2) is 9.97 Å². The van der Waals surface area contributed by atoms with Crippen LogP contribution in [0, 0.1) is 0 Å². The van der Waals surface area contributed by atoms with Crippen LogP contribution in [0.2, 0.25) is 0 Å². The Morgan fingerprint density at radius 1 is 1.29 bits per heavy atom. The Hall–Kier alpha value is -2.21. The second-order valence-electron chi connectivity index (χ2n) is 3.40. The minimum Gasteiger partial charge on any atom is -0.306 e. The molecule has 3 aromatic heterocycles. The zero-order chi connectivity index (χ0) is 11.7. The number of hydrogen-bond acceptors (Lipinski definition) is 4. The number of nitrogens with zero attached hydrogens (tertiary/aromatic N) is 3. The summed E-state index contributed by atoms with van der Waals surface area (Å²) in [7, 11) is 0. The molecule has 0 aromatic carbocycles. The van der Waals surface area contributed by atoms with E-state index < -0.39 is 0 Å². The molecule has 5 nitrogen and oxygen atoms in total. The Kier molecular flexibility index (Phi) is 2.34. The van der Waals surface area contributed by atoms with E-state index in [0.29, 0.717) is 10.7 Å². The molecule has 0 saturated heterocycles. The van der Waals surface area contributed by atoms with E-state index in [9.17, 15) is 4.79 Å². The molecule has 0 atom stereocenters. The van der Waals surface area contributed by atoms with Crippen molar-refractivity contribution in [1.29, 1.82) is 0 Å². The number of carbonyl (C=O) groups is 1. The number of hydrogen-bond donors (Lipinski definition) is 1. The maximum Gasteiger partial charge on any atom is 0.258 e. The quantitative estimate of drug-likeness (QED) is 0.750. The van der Waals surface area contributed by atoms with E-state index in [2.05, 4.69) is 15.3 Å². The number of amides is 1. The molecule has 0 bridgehead atoms. The Morgan fingerprint density at radius 2 is 2.24 bits per heavy atom. The van der Waals surface area contributed by atoms with E-state index in [4.69, 9.17) is 0 Å². The fraction of sp³-hybridized carbons (Fsp3) is 0. The van der Waals surface area contributed by atoms with Crippen LogP contribution in [0.1, 0.15) is 10.4 Å². The highest BCUT2D eigenvalue weighted by Crippen LogP contribution is 2.12. The summed E-state index contributed by atoms with van der Waals surface area (Å²) < 4.78 is 1.80. The summed E-state index contributed by atoms with van der Waals surface area (Å²) in [5.41, 5.74) is 1.39. The Bertz CT molecular complexity index is 659. The van der Waals surface area contributed by atoms with Crippen molar-refractivity contribution in [3.8, 4) is 0 Å². The summed E-state index contributed by atoms with van der Waals surface area (Å²) in [4.78, 5) is 20.0. The van der Waals surface area contributed by atoms with Gasteiger partial charge >= 0.3 is 0 Å². The first-order chi connectivity index (χ1) is 8.33. The van der Waals surface area contributed by atoms with Crippen molar-refractivity contribution in [3.63, 3.8) is 0 Å². The van der Waals surface area contributed by atoms with Crippen molar-refractivity contribution in [3.05, 3.63) is 47.9 Å². The predicted octanol–water partition coefficient (Wildman–Crippen LogP) is 2.04. The highest BCUT2D eigenvalue weighted by atomic mass is 32.1. The highest BCUT2D eigenvalue weighted by Gasteiger charge is 2.08. The van der Waals surface area contributed by atoms with Crippen LogP contribution in [0.15, 0.2) is 42.3 Å². The normalized spacial score (nSPS) is 10.6. The first-order valence-corrected chi connectivity index (χ1v) is 5.84. The monoisotopic (exact) mass is 244 g/mol. The summed E-state index contributed by atoms with van der Waals surface area (Å²) in [5, 5.41) is 5.14. The van der Waals surface area contributed by atoms with E-state index in [0.717, 1.165) is 5.65 Å². The maximum absolute atomic E-state index is 11.9. The topological polar surface area (TPSA) is 59.3 Å². The van der Waals surface area contributed by atoms with E-state index in [1.54, 1.807) is 41.3 Å². The van der Waals surface area contributed by atoms with Crippen LogP contribution in [0.4, 0.5) is 5.13 Å². The molecule has 1 N–H and O–H groups in total. The van der Waals surface area contributed by atoms with Crippen molar-refractivity contribution in [2.24, 2.45) is 0 Å². The summed E-state index contributed by atoms with van der Waals surface area (Å²) in [6.45, 7) is 0. The molecule has 84 valence electrons. The van der Waals surface area contributed by atoms with Crippen molar-refractivity contribution < 1.29 is 4.79 Å². The van der Waals surface area contributed by atoms with Gasteiger partial charge in [-0.05, 0) is 12.1 Å². The molecule has 0 aliphatic heterocycles. The lowest BCUT2D eigenvalue weighted by atomic mass is 10.2. The number of fused-ring (bicyclic) bond motifs is 1. The number of thiazole rings is 1. The largest absolute Gasteiger partial charge is 0.306 e. The lowest BCUT2D eigenvalue weighted by Crippen LogP contribution is -2.12. The first kappa shape index (κ1) is 9.98. The molecule has 0 spiro atoms. The van der Waals surface area contributed by atoms with Gasteiger partial charge in [-0.3, -0.25) is 10.1 Å². The smallest absolute Gasteiger partial charge is 0.258 e. The van der Waals surface area contributed by atoms with Crippen LogP contribution in [0.25, 0.3) is 5.65 Å². The fourth-order valence-corrected chi connectivity index (χ4v) is 2.03. The number of aromatic nitrogens is 3. The zero-order valence-electron chi connectivity index (χ0n) is 8.70. The van der Waals surface area contributed by atoms with Crippen molar-refractivity contribution in [2.75, 3.05) is 5.32 Å². The molecule has 0 aliphatic rings. The van der Waals surface area contributed by atoms with Gasteiger partial charge in [-0.1, -0.05) is 0 Å². The van der Waals surface area contributed by atoms with Gasteiger partial charge in [0.2, 0.25) is 0 Å². The molecule has 17 heavy (non-hydrogen) atoms. The third-order valence-corrected chi connectivity index (χ3v) is 2.99. The molecule has 0 saturated carbocycles. The molecule has 1 amide bonds. The molecular weight excluding hydrogens is 236 g/mol. The number of carbonyl (C=O) groups excluding carboxylic acids is 1. The van der Waals surface area contributed by atoms with Crippen molar-refractivity contribution in [2.45, 2.75) is 0 Å². The third kappa shape index (κ3) is 1.90. The van der Waals surface area contributed by atoms with E-state index in [-0.39, 0.29) is 5.91 Å². The summed E-state index contributed by atoms with van der Waals surface area (Å²) in [5.74, 6) is -0.171. The molecule has 3 heterocycles.